The monoisotopic (exact) mass is 484 g/mol. The third-order valence-corrected chi connectivity index (χ3v) is 8.84. The van der Waals surface area contributed by atoms with Crippen LogP contribution in [0.1, 0.15) is 85.9 Å². The summed E-state index contributed by atoms with van der Waals surface area (Å²) in [6, 6.07) is 6.61. The van der Waals surface area contributed by atoms with Crippen LogP contribution in [0.25, 0.3) is 0 Å². The van der Waals surface area contributed by atoms with Crippen LogP contribution in [0.5, 0.6) is 0 Å². The van der Waals surface area contributed by atoms with Crippen molar-refractivity contribution in [1.82, 2.24) is 21.0 Å². The molecule has 184 valence electrons. The molecule has 4 saturated carbocycles. The molecule has 1 aliphatic heterocycles. The van der Waals surface area contributed by atoms with Gasteiger partial charge < -0.3 is 15.5 Å². The third kappa shape index (κ3) is 4.54. The molecule has 1 saturated heterocycles. The van der Waals surface area contributed by atoms with E-state index >= 15 is 0 Å². The lowest BCUT2D eigenvalue weighted by atomic mass is 9.43. The summed E-state index contributed by atoms with van der Waals surface area (Å²) in [6.45, 7) is 6.29. The van der Waals surface area contributed by atoms with Crippen LogP contribution in [0.4, 0.5) is 0 Å². The fourth-order valence-corrected chi connectivity index (χ4v) is 8.67. The molecule has 0 aromatic heterocycles. The van der Waals surface area contributed by atoms with Crippen LogP contribution in [0.2, 0.25) is 0 Å². The SMILES string of the molecule is C[C@]12CC3CC(NC(=S)NC4CCN(C(=O)c5ccc(C(=O)NO)cc5)CC4)(C1)C[C@@](C)(C3)C2. The van der Waals surface area contributed by atoms with E-state index in [1.807, 2.05) is 4.90 Å². The third-order valence-electron chi connectivity index (χ3n) is 8.62. The van der Waals surface area contributed by atoms with Gasteiger partial charge in [0.2, 0.25) is 0 Å². The minimum atomic E-state index is -0.591. The van der Waals surface area contributed by atoms with Crippen molar-refractivity contribution in [2.45, 2.75) is 76.8 Å². The molecule has 34 heavy (non-hydrogen) atoms. The highest BCUT2D eigenvalue weighted by molar-refractivity contribution is 7.80. The Kier molecular flexibility index (Phi) is 5.88. The Labute approximate surface area is 207 Å². The Bertz CT molecular complexity index is 970. The smallest absolute Gasteiger partial charge is 0.274 e. The summed E-state index contributed by atoms with van der Waals surface area (Å²) in [5.41, 5.74) is 3.49. The molecule has 4 aliphatic carbocycles. The van der Waals surface area contributed by atoms with E-state index in [1.165, 1.54) is 38.5 Å². The van der Waals surface area contributed by atoms with E-state index < -0.39 is 5.91 Å². The van der Waals surface area contributed by atoms with Gasteiger partial charge in [-0.3, -0.25) is 14.8 Å². The van der Waals surface area contributed by atoms with Crippen LogP contribution >= 0.6 is 12.2 Å². The topological polar surface area (TPSA) is 93.7 Å². The average molecular weight is 485 g/mol. The van der Waals surface area contributed by atoms with E-state index in [2.05, 4.69) is 24.5 Å². The molecular weight excluding hydrogens is 448 g/mol. The van der Waals surface area contributed by atoms with E-state index in [0.29, 0.717) is 35.0 Å². The number of amides is 2. The summed E-state index contributed by atoms with van der Waals surface area (Å²) in [7, 11) is 0. The lowest BCUT2D eigenvalue weighted by Gasteiger charge is -2.65. The Hall–Kier alpha value is -2.19. The van der Waals surface area contributed by atoms with Crippen molar-refractivity contribution in [3.8, 4) is 0 Å². The molecule has 5 fully saturated rings. The highest BCUT2D eigenvalue weighted by atomic mass is 32.1. The molecule has 8 heteroatoms. The van der Waals surface area contributed by atoms with Crippen LogP contribution in [-0.4, -0.2) is 51.7 Å². The van der Waals surface area contributed by atoms with Crippen molar-refractivity contribution in [1.29, 1.82) is 0 Å². The maximum Gasteiger partial charge on any atom is 0.274 e. The van der Waals surface area contributed by atoms with E-state index in [4.69, 9.17) is 17.4 Å². The fraction of sp³-hybridized carbons (Fsp3) is 0.654. The molecular formula is C26H36N4O3S. The highest BCUT2D eigenvalue weighted by Gasteiger charge is 2.60. The molecule has 1 aromatic rings. The zero-order valence-electron chi connectivity index (χ0n) is 20.2. The summed E-state index contributed by atoms with van der Waals surface area (Å²) in [5.74, 6) is 0.195. The summed E-state index contributed by atoms with van der Waals surface area (Å²) in [4.78, 5) is 26.2. The van der Waals surface area contributed by atoms with Crippen molar-refractivity contribution in [3.63, 3.8) is 0 Å². The first-order valence-corrected chi connectivity index (χ1v) is 12.9. The van der Waals surface area contributed by atoms with E-state index in [0.717, 1.165) is 23.9 Å². The quantitative estimate of drug-likeness (QED) is 0.296. The number of hydrogen-bond acceptors (Lipinski definition) is 4. The second-order valence-electron chi connectivity index (χ2n) is 12.1. The Balaban J connectivity index is 1.13. The van der Waals surface area contributed by atoms with Gasteiger partial charge in [0.15, 0.2) is 5.11 Å². The lowest BCUT2D eigenvalue weighted by molar-refractivity contribution is -0.111. The molecule has 0 spiro atoms. The predicted molar refractivity (Wildman–Crippen MR) is 134 cm³/mol. The van der Waals surface area contributed by atoms with Gasteiger partial charge in [0.25, 0.3) is 11.8 Å². The van der Waals surface area contributed by atoms with Crippen molar-refractivity contribution in [2.24, 2.45) is 16.7 Å². The first-order chi connectivity index (χ1) is 16.1. The minimum absolute atomic E-state index is 0.0369. The molecule has 7 nitrogen and oxygen atoms in total. The molecule has 2 unspecified atom stereocenters. The van der Waals surface area contributed by atoms with Crippen LogP contribution in [0.15, 0.2) is 24.3 Å². The van der Waals surface area contributed by atoms with Gasteiger partial charge in [-0.25, -0.2) is 5.48 Å². The Morgan fingerprint density at radius 1 is 0.971 bits per heavy atom. The second-order valence-corrected chi connectivity index (χ2v) is 12.5. The van der Waals surface area contributed by atoms with Gasteiger partial charge in [-0.1, -0.05) is 13.8 Å². The molecule has 0 radical (unpaired) electrons. The first-order valence-electron chi connectivity index (χ1n) is 12.5. The van der Waals surface area contributed by atoms with E-state index in [9.17, 15) is 9.59 Å². The summed E-state index contributed by atoms with van der Waals surface area (Å²) < 4.78 is 0. The number of hydrogen-bond donors (Lipinski definition) is 4. The van der Waals surface area contributed by atoms with Gasteiger partial charge in [0.05, 0.1) is 0 Å². The number of nitrogens with one attached hydrogen (secondary N) is 3. The number of likely N-dealkylation sites (tertiary alicyclic amines) is 1. The molecule has 1 heterocycles. The number of carbonyl (C=O) groups excluding carboxylic acids is 2. The van der Waals surface area contributed by atoms with Gasteiger partial charge >= 0.3 is 0 Å². The maximum atomic E-state index is 12.9. The van der Waals surface area contributed by atoms with Gasteiger partial charge in [-0.15, -0.1) is 0 Å². The lowest BCUT2D eigenvalue weighted by Crippen LogP contribution is -2.66. The normalized spacial score (nSPS) is 34.6. The van der Waals surface area contributed by atoms with Crippen molar-refractivity contribution in [3.05, 3.63) is 35.4 Å². The van der Waals surface area contributed by atoms with Crippen LogP contribution in [0, 0.1) is 16.7 Å². The molecule has 5 aliphatic rings. The minimum Gasteiger partial charge on any atom is -0.360 e. The average Bonchev–Trinajstić information content (AvgIpc) is 2.75. The van der Waals surface area contributed by atoms with Crippen LogP contribution in [0.3, 0.4) is 0 Å². The standard InChI is InChI=1S/C26H36N4O3S/c1-24-11-17-12-25(2,14-24)16-26(13-17,15-24)28-23(34)27-20-7-9-30(10-8-20)22(32)19-5-3-18(4-6-19)21(31)29-33/h3-6,17,20,33H,7-16H2,1-2H3,(H,29,31)(H2,27,28,34)/t17?,24-,25+,26?. The Morgan fingerprint density at radius 2 is 1.56 bits per heavy atom. The number of piperidine rings is 1. The second kappa shape index (κ2) is 8.48. The molecule has 1 aromatic carbocycles. The number of nitrogens with zero attached hydrogens (tertiary/aromatic N) is 1. The Morgan fingerprint density at radius 3 is 2.12 bits per heavy atom. The van der Waals surface area contributed by atoms with Gasteiger partial charge in [-0.05, 0) is 105 Å². The summed E-state index contributed by atoms with van der Waals surface area (Å²) in [5, 5.41) is 16.9. The highest BCUT2D eigenvalue weighted by Crippen LogP contribution is 2.66. The molecule has 6 rings (SSSR count). The number of benzene rings is 1. The predicted octanol–water partition coefficient (Wildman–Crippen LogP) is 3.62. The van der Waals surface area contributed by atoms with Crippen LogP contribution in [-0.2, 0) is 0 Å². The van der Waals surface area contributed by atoms with Crippen molar-refractivity contribution < 1.29 is 14.8 Å². The van der Waals surface area contributed by atoms with Crippen molar-refractivity contribution >= 4 is 29.1 Å². The van der Waals surface area contributed by atoms with Crippen molar-refractivity contribution in [2.75, 3.05) is 13.1 Å². The summed E-state index contributed by atoms with van der Waals surface area (Å²) in [6.07, 6.45) is 9.48. The van der Waals surface area contributed by atoms with Gasteiger partial charge in [0, 0.05) is 35.8 Å². The first kappa shape index (κ1) is 23.5. The van der Waals surface area contributed by atoms with Gasteiger partial charge in [-0.2, -0.15) is 0 Å². The number of carbonyl (C=O) groups is 2. The fourth-order valence-electron chi connectivity index (χ4n) is 8.29. The van der Waals surface area contributed by atoms with E-state index in [1.54, 1.807) is 29.7 Å². The van der Waals surface area contributed by atoms with Crippen LogP contribution < -0.4 is 16.1 Å². The largest absolute Gasteiger partial charge is 0.360 e. The van der Waals surface area contributed by atoms with Gasteiger partial charge in [0.1, 0.15) is 0 Å². The molecule has 4 atom stereocenters. The number of thiocarbonyl (C=S) groups is 1. The molecule has 4 bridgehead atoms. The zero-order chi connectivity index (χ0) is 24.1. The zero-order valence-corrected chi connectivity index (χ0v) is 21.0. The number of hydroxylamine groups is 1. The number of rotatable bonds is 4. The summed E-state index contributed by atoms with van der Waals surface area (Å²) >= 11 is 5.79. The molecule has 2 amide bonds. The van der Waals surface area contributed by atoms with E-state index in [-0.39, 0.29) is 17.5 Å². The molecule has 4 N–H and O–H groups in total. The maximum absolute atomic E-state index is 12.9.